The maximum atomic E-state index is 13.8. The Labute approximate surface area is 222 Å². The molecule has 2 fully saturated rings. The molecule has 0 spiro atoms. The number of nitrogens with zero attached hydrogens (tertiary/aromatic N) is 5. The molecule has 0 bridgehead atoms. The Balaban J connectivity index is 1.37. The minimum absolute atomic E-state index is 0.0496. The maximum Gasteiger partial charge on any atom is 0.417 e. The molecule has 13 heteroatoms. The van der Waals surface area contributed by atoms with E-state index in [2.05, 4.69) is 25.7 Å². The van der Waals surface area contributed by atoms with E-state index in [9.17, 15) is 22.8 Å². The number of carbonyl (C=O) groups is 2. The number of rotatable bonds is 7. The lowest BCUT2D eigenvalue weighted by Crippen LogP contribution is -2.54. The second-order valence-electron chi connectivity index (χ2n) is 10.1. The van der Waals surface area contributed by atoms with Gasteiger partial charge in [-0.2, -0.15) is 18.3 Å². The molecular weight excluding hydrogens is 513 g/mol. The van der Waals surface area contributed by atoms with E-state index in [1.54, 1.807) is 30.2 Å². The van der Waals surface area contributed by atoms with Gasteiger partial charge >= 0.3 is 6.18 Å². The predicted octanol–water partition coefficient (Wildman–Crippen LogP) is 3.74. The van der Waals surface area contributed by atoms with Crippen molar-refractivity contribution in [3.8, 4) is 0 Å². The van der Waals surface area contributed by atoms with Crippen LogP contribution in [0.2, 0.25) is 0 Å². The van der Waals surface area contributed by atoms with Crippen LogP contribution in [0.15, 0.2) is 36.8 Å². The van der Waals surface area contributed by atoms with E-state index >= 15 is 0 Å². The molecule has 1 saturated carbocycles. The highest BCUT2D eigenvalue weighted by Crippen LogP contribution is 2.43. The van der Waals surface area contributed by atoms with Gasteiger partial charge in [-0.15, -0.1) is 0 Å². The number of carbonyl (C=O) groups excluding carboxylic acids is 2. The SMILES string of the molecule is C[C@@H]1[C@H](NC(=O)c2ccc(C3CC3)cc2C(F)(F)F)CCCN1c1cnc(C(N)=O)c(Nc2cnn(C)c2)n1. The lowest BCUT2D eigenvalue weighted by atomic mass is 9.95. The van der Waals surface area contributed by atoms with Crippen LogP contribution < -0.4 is 21.3 Å². The third kappa shape index (κ3) is 5.66. The highest BCUT2D eigenvalue weighted by molar-refractivity contribution is 5.97. The quantitative estimate of drug-likeness (QED) is 0.415. The number of hydrogen-bond donors (Lipinski definition) is 3. The Morgan fingerprint density at radius 3 is 2.56 bits per heavy atom. The summed E-state index contributed by atoms with van der Waals surface area (Å²) in [6, 6.07) is 3.24. The fourth-order valence-corrected chi connectivity index (χ4v) is 4.98. The summed E-state index contributed by atoms with van der Waals surface area (Å²) in [7, 11) is 1.74. The van der Waals surface area contributed by atoms with Crippen molar-refractivity contribution in [2.45, 2.75) is 56.8 Å². The fraction of sp³-hybridized carbons (Fsp3) is 0.423. The van der Waals surface area contributed by atoms with E-state index in [-0.39, 0.29) is 29.0 Å². The van der Waals surface area contributed by atoms with Crippen LogP contribution in [0.3, 0.4) is 0 Å². The first kappa shape index (κ1) is 26.4. The minimum atomic E-state index is -4.64. The molecule has 2 aromatic heterocycles. The molecule has 5 rings (SSSR count). The van der Waals surface area contributed by atoms with E-state index in [0.29, 0.717) is 36.5 Å². The van der Waals surface area contributed by atoms with Crippen LogP contribution in [-0.2, 0) is 13.2 Å². The summed E-state index contributed by atoms with van der Waals surface area (Å²) in [6.45, 7) is 2.44. The summed E-state index contributed by atoms with van der Waals surface area (Å²) in [4.78, 5) is 35.8. The zero-order chi connectivity index (χ0) is 27.9. The van der Waals surface area contributed by atoms with Gasteiger partial charge in [-0.05, 0) is 56.2 Å². The number of primary amides is 1. The summed E-state index contributed by atoms with van der Waals surface area (Å²) < 4.78 is 43.1. The number of hydrogen-bond acceptors (Lipinski definition) is 7. The number of aromatic nitrogens is 4. The number of amides is 2. The summed E-state index contributed by atoms with van der Waals surface area (Å²) in [5, 5.41) is 9.91. The first-order chi connectivity index (χ1) is 18.5. The van der Waals surface area contributed by atoms with E-state index in [0.717, 1.165) is 18.9 Å². The standard InChI is InChI=1S/C26H29F3N8O2/c1-14-20(34-25(39)18-8-7-16(15-5-6-15)10-19(18)26(27,28)29)4-3-9-37(14)21-12-31-22(23(30)38)24(35-21)33-17-11-32-36(2)13-17/h7-8,10-15,20H,3-6,9H2,1-2H3,(H2,30,38)(H,33,35)(H,34,39)/t14-,20-/m1/s1. The molecule has 1 aliphatic heterocycles. The first-order valence-corrected chi connectivity index (χ1v) is 12.7. The van der Waals surface area contributed by atoms with Gasteiger partial charge in [0.15, 0.2) is 11.5 Å². The molecule has 1 aliphatic carbocycles. The molecule has 1 saturated heterocycles. The van der Waals surface area contributed by atoms with Crippen molar-refractivity contribution >= 4 is 29.1 Å². The molecule has 10 nitrogen and oxygen atoms in total. The van der Waals surface area contributed by atoms with Crippen LogP contribution in [0.5, 0.6) is 0 Å². The number of alkyl halides is 3. The Bertz CT molecular complexity index is 1400. The van der Waals surface area contributed by atoms with Gasteiger partial charge in [-0.25, -0.2) is 9.97 Å². The van der Waals surface area contributed by atoms with Crippen molar-refractivity contribution in [1.29, 1.82) is 0 Å². The van der Waals surface area contributed by atoms with Gasteiger partial charge in [-0.3, -0.25) is 14.3 Å². The van der Waals surface area contributed by atoms with E-state index in [1.807, 2.05) is 11.8 Å². The minimum Gasteiger partial charge on any atom is -0.364 e. The first-order valence-electron chi connectivity index (χ1n) is 12.7. The highest BCUT2D eigenvalue weighted by atomic mass is 19.4. The lowest BCUT2D eigenvalue weighted by molar-refractivity contribution is -0.138. The molecule has 2 aliphatic rings. The van der Waals surface area contributed by atoms with Gasteiger partial charge in [0.25, 0.3) is 11.8 Å². The van der Waals surface area contributed by atoms with Crippen LogP contribution in [0.1, 0.15) is 70.5 Å². The Morgan fingerprint density at radius 2 is 1.92 bits per heavy atom. The topological polar surface area (TPSA) is 131 Å². The van der Waals surface area contributed by atoms with Gasteiger partial charge in [0.05, 0.1) is 29.2 Å². The molecule has 3 heterocycles. The molecule has 1 aromatic carbocycles. The van der Waals surface area contributed by atoms with Crippen molar-refractivity contribution < 1.29 is 22.8 Å². The third-order valence-electron chi connectivity index (χ3n) is 7.20. The second-order valence-corrected chi connectivity index (χ2v) is 10.1. The van der Waals surface area contributed by atoms with Gasteiger partial charge < -0.3 is 21.3 Å². The molecular formula is C26H29F3N8O2. The third-order valence-corrected chi connectivity index (χ3v) is 7.20. The average molecular weight is 543 g/mol. The summed E-state index contributed by atoms with van der Waals surface area (Å²) >= 11 is 0. The largest absolute Gasteiger partial charge is 0.417 e. The van der Waals surface area contributed by atoms with Gasteiger partial charge in [0.2, 0.25) is 0 Å². The van der Waals surface area contributed by atoms with Crippen molar-refractivity contribution in [3.05, 3.63) is 59.2 Å². The molecule has 0 unspecified atom stereocenters. The second kappa shape index (κ2) is 10.2. The monoisotopic (exact) mass is 542 g/mol. The summed E-state index contributed by atoms with van der Waals surface area (Å²) in [5.74, 6) is -0.808. The van der Waals surface area contributed by atoms with Crippen molar-refractivity contribution in [2.24, 2.45) is 12.8 Å². The molecule has 3 aromatic rings. The fourth-order valence-electron chi connectivity index (χ4n) is 4.98. The van der Waals surface area contributed by atoms with Gasteiger partial charge in [-0.1, -0.05) is 6.07 Å². The summed E-state index contributed by atoms with van der Waals surface area (Å²) in [5.41, 5.74) is 5.34. The van der Waals surface area contributed by atoms with Crippen LogP contribution >= 0.6 is 0 Å². The normalized spacial score (nSPS) is 19.6. The van der Waals surface area contributed by atoms with Crippen LogP contribution in [0.25, 0.3) is 0 Å². The van der Waals surface area contributed by atoms with Gasteiger partial charge in [0.1, 0.15) is 5.82 Å². The van der Waals surface area contributed by atoms with Crippen LogP contribution in [0.4, 0.5) is 30.5 Å². The zero-order valence-electron chi connectivity index (χ0n) is 21.5. The van der Waals surface area contributed by atoms with Crippen molar-refractivity contribution in [2.75, 3.05) is 16.8 Å². The number of nitrogens with one attached hydrogen (secondary N) is 2. The highest BCUT2D eigenvalue weighted by Gasteiger charge is 2.38. The predicted molar refractivity (Wildman–Crippen MR) is 138 cm³/mol. The number of aryl methyl sites for hydroxylation is 1. The zero-order valence-corrected chi connectivity index (χ0v) is 21.5. The smallest absolute Gasteiger partial charge is 0.364 e. The Kier molecular flexibility index (Phi) is 6.91. The van der Waals surface area contributed by atoms with Crippen molar-refractivity contribution in [3.63, 3.8) is 0 Å². The average Bonchev–Trinajstić information content (AvgIpc) is 3.66. The number of halogens is 3. The number of nitrogens with two attached hydrogens (primary N) is 1. The molecule has 39 heavy (non-hydrogen) atoms. The van der Waals surface area contributed by atoms with Crippen LogP contribution in [-0.4, -0.2) is 50.2 Å². The lowest BCUT2D eigenvalue weighted by Gasteiger charge is -2.40. The number of piperidine rings is 1. The van der Waals surface area contributed by atoms with E-state index in [1.165, 1.54) is 12.3 Å². The molecule has 4 N–H and O–H groups in total. The summed E-state index contributed by atoms with van der Waals surface area (Å²) in [6.07, 6.45) is 3.00. The number of benzene rings is 1. The van der Waals surface area contributed by atoms with Crippen molar-refractivity contribution in [1.82, 2.24) is 25.1 Å². The Morgan fingerprint density at radius 1 is 1.15 bits per heavy atom. The van der Waals surface area contributed by atoms with Gasteiger partial charge in [0, 0.05) is 31.9 Å². The van der Waals surface area contributed by atoms with Crippen LogP contribution in [0, 0.1) is 0 Å². The molecule has 206 valence electrons. The molecule has 2 atom stereocenters. The molecule has 0 radical (unpaired) electrons. The Hall–Kier alpha value is -4.16. The maximum absolute atomic E-state index is 13.8. The van der Waals surface area contributed by atoms with E-state index in [4.69, 9.17) is 5.73 Å². The molecule has 2 amide bonds. The number of anilines is 3. The van der Waals surface area contributed by atoms with E-state index < -0.39 is 29.6 Å².